The van der Waals surface area contributed by atoms with Gasteiger partial charge >= 0.3 is 0 Å². The minimum atomic E-state index is -0.101. The first-order chi connectivity index (χ1) is 14.6. The number of rotatable bonds is 13. The molecule has 0 N–H and O–H groups in total. The Balaban J connectivity index is 2.14. The number of carbonyl (C=O) groups is 2. The maximum Gasteiger partial charge on any atom is 0.242 e. The first-order valence-electron chi connectivity index (χ1n) is 10.8. The number of nitrogens with zero attached hydrogens (tertiary/aromatic N) is 2. The molecular weight excluding hydrogens is 376 g/mol. The van der Waals surface area contributed by atoms with Crippen molar-refractivity contribution in [2.45, 2.75) is 52.6 Å². The summed E-state index contributed by atoms with van der Waals surface area (Å²) in [5.41, 5.74) is 1.04. The van der Waals surface area contributed by atoms with Crippen LogP contribution in [0.5, 0.6) is 0 Å². The summed E-state index contributed by atoms with van der Waals surface area (Å²) in [7, 11) is 0. The van der Waals surface area contributed by atoms with Crippen LogP contribution < -0.4 is 0 Å². The van der Waals surface area contributed by atoms with Gasteiger partial charge in [-0.3, -0.25) is 9.59 Å². The molecule has 0 fully saturated rings. The molecule has 1 heterocycles. The molecule has 0 bridgehead atoms. The molecule has 0 spiro atoms. The van der Waals surface area contributed by atoms with Gasteiger partial charge in [-0.1, -0.05) is 63.1 Å². The fraction of sp³-hybridized carbons (Fsp3) is 0.440. The van der Waals surface area contributed by atoms with E-state index in [2.05, 4.69) is 13.5 Å². The van der Waals surface area contributed by atoms with Gasteiger partial charge in [0.1, 0.15) is 12.3 Å². The lowest BCUT2D eigenvalue weighted by atomic mass is 9.97. The fourth-order valence-electron chi connectivity index (χ4n) is 3.49. The molecule has 1 aromatic heterocycles. The molecule has 2 aromatic rings. The molecule has 162 valence electrons. The zero-order chi connectivity index (χ0) is 21.8. The third-order valence-electron chi connectivity index (χ3n) is 5.23. The van der Waals surface area contributed by atoms with Crippen molar-refractivity contribution in [1.29, 1.82) is 0 Å². The summed E-state index contributed by atoms with van der Waals surface area (Å²) in [5.74, 6) is 0.605. The topological polar surface area (TPSA) is 53.8 Å². The maximum atomic E-state index is 13.2. The standard InChI is InChI=1S/C25H34N2O3/c1-4-7-14-22(6-3)25(29)26(16-5-2)20-24(28)27(19-23-15-11-17-30-23)18-21-12-9-8-10-13-21/h5,8-13,15,17,22H,2,4,6-7,14,16,18-20H2,1,3H3/t22-/m0/s1. The number of carbonyl (C=O) groups excluding carboxylic acids is 2. The van der Waals surface area contributed by atoms with E-state index in [1.165, 1.54) is 0 Å². The molecule has 2 amide bonds. The Morgan fingerprint density at radius 3 is 2.43 bits per heavy atom. The highest BCUT2D eigenvalue weighted by atomic mass is 16.3. The van der Waals surface area contributed by atoms with Crippen LogP contribution >= 0.6 is 0 Å². The first-order valence-corrected chi connectivity index (χ1v) is 10.8. The molecule has 0 saturated carbocycles. The van der Waals surface area contributed by atoms with Crippen LogP contribution in [0.25, 0.3) is 0 Å². The summed E-state index contributed by atoms with van der Waals surface area (Å²) in [6.45, 7) is 9.17. The quantitative estimate of drug-likeness (QED) is 0.435. The highest BCUT2D eigenvalue weighted by Gasteiger charge is 2.26. The van der Waals surface area contributed by atoms with Gasteiger partial charge in [-0.2, -0.15) is 0 Å². The first kappa shape index (κ1) is 23.5. The summed E-state index contributed by atoms with van der Waals surface area (Å²) in [6.07, 6.45) is 6.99. The molecular formula is C25H34N2O3. The average molecular weight is 411 g/mol. The van der Waals surface area contributed by atoms with Crippen LogP contribution in [0, 0.1) is 5.92 Å². The average Bonchev–Trinajstić information content (AvgIpc) is 3.27. The third-order valence-corrected chi connectivity index (χ3v) is 5.23. The molecule has 0 radical (unpaired) electrons. The van der Waals surface area contributed by atoms with Crippen LogP contribution in [-0.2, 0) is 22.7 Å². The largest absolute Gasteiger partial charge is 0.467 e. The minimum Gasteiger partial charge on any atom is -0.467 e. The van der Waals surface area contributed by atoms with E-state index < -0.39 is 0 Å². The van der Waals surface area contributed by atoms with Gasteiger partial charge in [0, 0.05) is 19.0 Å². The van der Waals surface area contributed by atoms with Gasteiger partial charge in [0.05, 0.1) is 12.8 Å². The van der Waals surface area contributed by atoms with Gasteiger partial charge in [0.25, 0.3) is 0 Å². The van der Waals surface area contributed by atoms with Crippen molar-refractivity contribution < 1.29 is 14.0 Å². The van der Waals surface area contributed by atoms with Crippen molar-refractivity contribution in [3.8, 4) is 0 Å². The van der Waals surface area contributed by atoms with Crippen molar-refractivity contribution in [2.24, 2.45) is 5.92 Å². The predicted molar refractivity (Wildman–Crippen MR) is 119 cm³/mol. The number of hydrogen-bond donors (Lipinski definition) is 0. The summed E-state index contributed by atoms with van der Waals surface area (Å²) in [5, 5.41) is 0. The molecule has 0 unspecified atom stereocenters. The normalized spacial score (nSPS) is 11.7. The molecule has 5 nitrogen and oxygen atoms in total. The van der Waals surface area contributed by atoms with E-state index in [-0.39, 0.29) is 24.3 Å². The molecule has 1 atom stereocenters. The van der Waals surface area contributed by atoms with Crippen LogP contribution in [0.15, 0.2) is 65.8 Å². The van der Waals surface area contributed by atoms with Gasteiger partial charge in [0.2, 0.25) is 11.8 Å². The van der Waals surface area contributed by atoms with Crippen molar-refractivity contribution >= 4 is 11.8 Å². The van der Waals surface area contributed by atoms with Crippen molar-refractivity contribution in [3.05, 3.63) is 72.7 Å². The van der Waals surface area contributed by atoms with E-state index in [4.69, 9.17) is 4.42 Å². The van der Waals surface area contributed by atoms with Crippen LogP contribution in [0.4, 0.5) is 0 Å². The highest BCUT2D eigenvalue weighted by molar-refractivity contribution is 5.86. The molecule has 30 heavy (non-hydrogen) atoms. The SMILES string of the molecule is C=CCN(CC(=O)N(Cc1ccccc1)Cc1ccco1)C(=O)[C@@H](CC)CCCC. The summed E-state index contributed by atoms with van der Waals surface area (Å²) < 4.78 is 5.46. The lowest BCUT2D eigenvalue weighted by Crippen LogP contribution is -2.44. The van der Waals surface area contributed by atoms with E-state index in [9.17, 15) is 9.59 Å². The van der Waals surface area contributed by atoms with Gasteiger partial charge < -0.3 is 14.2 Å². The van der Waals surface area contributed by atoms with Crippen molar-refractivity contribution in [3.63, 3.8) is 0 Å². The fourth-order valence-corrected chi connectivity index (χ4v) is 3.49. The number of unbranched alkanes of at least 4 members (excludes halogenated alkanes) is 1. The van der Waals surface area contributed by atoms with Crippen LogP contribution in [0.1, 0.15) is 50.9 Å². The lowest BCUT2D eigenvalue weighted by molar-refractivity contribution is -0.143. The highest BCUT2D eigenvalue weighted by Crippen LogP contribution is 2.17. The Bertz CT molecular complexity index is 771. The Morgan fingerprint density at radius 2 is 1.83 bits per heavy atom. The number of hydrogen-bond acceptors (Lipinski definition) is 3. The lowest BCUT2D eigenvalue weighted by Gasteiger charge is -2.29. The molecule has 0 saturated heterocycles. The molecule has 0 aliphatic carbocycles. The molecule has 0 aliphatic heterocycles. The van der Waals surface area contributed by atoms with E-state index in [1.54, 1.807) is 22.1 Å². The van der Waals surface area contributed by atoms with Gasteiger partial charge in [-0.25, -0.2) is 0 Å². The van der Waals surface area contributed by atoms with E-state index in [1.807, 2.05) is 49.4 Å². The van der Waals surface area contributed by atoms with Crippen LogP contribution in [0.2, 0.25) is 0 Å². The number of amides is 2. The molecule has 0 aliphatic rings. The van der Waals surface area contributed by atoms with E-state index in [0.29, 0.717) is 19.6 Å². The van der Waals surface area contributed by atoms with E-state index >= 15 is 0 Å². The summed E-state index contributed by atoms with van der Waals surface area (Å²) in [4.78, 5) is 29.7. The van der Waals surface area contributed by atoms with E-state index in [0.717, 1.165) is 37.0 Å². The predicted octanol–water partition coefficient (Wildman–Crippen LogP) is 5.04. The smallest absolute Gasteiger partial charge is 0.242 e. The Kier molecular flexibility index (Phi) is 9.92. The second-order valence-corrected chi connectivity index (χ2v) is 7.57. The van der Waals surface area contributed by atoms with Crippen LogP contribution in [0.3, 0.4) is 0 Å². The van der Waals surface area contributed by atoms with Gasteiger partial charge in [-0.05, 0) is 30.5 Å². The monoisotopic (exact) mass is 410 g/mol. The van der Waals surface area contributed by atoms with Crippen molar-refractivity contribution in [2.75, 3.05) is 13.1 Å². The maximum absolute atomic E-state index is 13.2. The Hall–Kier alpha value is -2.82. The zero-order valence-corrected chi connectivity index (χ0v) is 18.3. The summed E-state index contributed by atoms with van der Waals surface area (Å²) in [6, 6.07) is 13.5. The Morgan fingerprint density at radius 1 is 1.07 bits per heavy atom. The van der Waals surface area contributed by atoms with Gasteiger partial charge in [0.15, 0.2) is 0 Å². The third kappa shape index (κ3) is 7.21. The minimum absolute atomic E-state index is 0.0388. The molecule has 2 rings (SSSR count). The molecule has 5 heteroatoms. The number of furan rings is 1. The summed E-state index contributed by atoms with van der Waals surface area (Å²) >= 11 is 0. The Labute approximate surface area is 180 Å². The second-order valence-electron chi connectivity index (χ2n) is 7.57. The van der Waals surface area contributed by atoms with Gasteiger partial charge in [-0.15, -0.1) is 6.58 Å². The van der Waals surface area contributed by atoms with Crippen molar-refractivity contribution in [1.82, 2.24) is 9.80 Å². The zero-order valence-electron chi connectivity index (χ0n) is 18.3. The van der Waals surface area contributed by atoms with Crippen LogP contribution in [-0.4, -0.2) is 34.7 Å². The number of benzene rings is 1. The second kappa shape index (κ2) is 12.7. The molecule has 1 aromatic carbocycles.